The molecule has 7 heteroatoms. The largest absolute Gasteiger partial charge is 0.377 e. The maximum absolute atomic E-state index is 11.3. The van der Waals surface area contributed by atoms with Crippen LogP contribution in [0, 0.1) is 10.1 Å². The minimum atomic E-state index is -0.423. The van der Waals surface area contributed by atoms with Gasteiger partial charge in [-0.2, -0.15) is 9.38 Å². The molecule has 0 aliphatic heterocycles. The van der Waals surface area contributed by atoms with Crippen molar-refractivity contribution < 1.29 is 9.66 Å². The normalized spacial score (nSPS) is 10.9. The Morgan fingerprint density at radius 1 is 1.21 bits per heavy atom. The van der Waals surface area contributed by atoms with Gasteiger partial charge in [-0.25, -0.2) is 0 Å². The molecule has 0 fully saturated rings. The standard InChI is InChI=1S/C17H18N4O3/c1-2-24-12-14-8-6-13(7-9-14)11-18-16-17(21(22)23)20-10-4-3-5-15(20)19-16/h3-10,18H,2,11-12H2,1H3. The van der Waals surface area contributed by atoms with Crippen molar-refractivity contribution in [2.75, 3.05) is 11.9 Å². The first-order valence-electron chi connectivity index (χ1n) is 7.70. The quantitative estimate of drug-likeness (QED) is 0.531. The van der Waals surface area contributed by atoms with Gasteiger partial charge in [0.25, 0.3) is 0 Å². The number of aromatic nitrogens is 2. The molecule has 0 unspecified atom stereocenters. The van der Waals surface area contributed by atoms with E-state index in [2.05, 4.69) is 10.3 Å². The monoisotopic (exact) mass is 326 g/mol. The topological polar surface area (TPSA) is 81.7 Å². The summed E-state index contributed by atoms with van der Waals surface area (Å²) in [6.07, 6.45) is 1.63. The molecule has 124 valence electrons. The number of imidazole rings is 1. The lowest BCUT2D eigenvalue weighted by Gasteiger charge is -2.06. The van der Waals surface area contributed by atoms with Crippen molar-refractivity contribution in [3.63, 3.8) is 0 Å². The summed E-state index contributed by atoms with van der Waals surface area (Å²) >= 11 is 0. The molecule has 1 aromatic carbocycles. The number of rotatable bonds is 7. The van der Waals surface area contributed by atoms with Gasteiger partial charge in [-0.1, -0.05) is 30.3 Å². The van der Waals surface area contributed by atoms with Crippen LogP contribution in [0.1, 0.15) is 18.1 Å². The second-order valence-electron chi connectivity index (χ2n) is 5.28. The van der Waals surface area contributed by atoms with Crippen LogP contribution in [0.4, 0.5) is 11.6 Å². The third kappa shape index (κ3) is 3.36. The van der Waals surface area contributed by atoms with Gasteiger partial charge in [-0.15, -0.1) is 0 Å². The van der Waals surface area contributed by atoms with Gasteiger partial charge in [0.1, 0.15) is 0 Å². The Bertz CT molecular complexity index is 843. The van der Waals surface area contributed by atoms with E-state index in [0.29, 0.717) is 25.4 Å². The van der Waals surface area contributed by atoms with Crippen LogP contribution in [-0.4, -0.2) is 20.9 Å². The average molecular weight is 326 g/mol. The maximum atomic E-state index is 11.3. The van der Waals surface area contributed by atoms with Crippen LogP contribution in [0.5, 0.6) is 0 Å². The van der Waals surface area contributed by atoms with E-state index in [1.54, 1.807) is 24.4 Å². The number of pyridine rings is 1. The van der Waals surface area contributed by atoms with Crippen molar-refractivity contribution in [2.24, 2.45) is 0 Å². The van der Waals surface area contributed by atoms with Crippen molar-refractivity contribution in [1.82, 2.24) is 9.38 Å². The summed E-state index contributed by atoms with van der Waals surface area (Å²) in [7, 11) is 0. The van der Waals surface area contributed by atoms with Crippen molar-refractivity contribution in [1.29, 1.82) is 0 Å². The zero-order valence-electron chi connectivity index (χ0n) is 13.3. The molecule has 7 nitrogen and oxygen atoms in total. The van der Waals surface area contributed by atoms with Gasteiger partial charge in [0.15, 0.2) is 0 Å². The summed E-state index contributed by atoms with van der Waals surface area (Å²) in [6.45, 7) is 3.68. The average Bonchev–Trinajstić information content (AvgIpc) is 2.97. The Balaban J connectivity index is 1.76. The number of hydrogen-bond acceptors (Lipinski definition) is 5. The molecule has 2 heterocycles. The fourth-order valence-corrected chi connectivity index (χ4v) is 2.43. The molecular formula is C17H18N4O3. The predicted octanol–water partition coefficient (Wildman–Crippen LogP) is 3.39. The van der Waals surface area contributed by atoms with Crippen molar-refractivity contribution >= 4 is 17.3 Å². The predicted molar refractivity (Wildman–Crippen MR) is 90.9 cm³/mol. The zero-order chi connectivity index (χ0) is 16.9. The van der Waals surface area contributed by atoms with Gasteiger partial charge in [-0.05, 0) is 29.0 Å². The molecule has 0 amide bonds. The molecule has 24 heavy (non-hydrogen) atoms. The third-order valence-electron chi connectivity index (χ3n) is 3.63. The zero-order valence-corrected chi connectivity index (χ0v) is 13.3. The highest BCUT2D eigenvalue weighted by Crippen LogP contribution is 2.25. The van der Waals surface area contributed by atoms with E-state index in [0.717, 1.165) is 11.1 Å². The number of ether oxygens (including phenoxy) is 1. The number of fused-ring (bicyclic) bond motifs is 1. The first-order valence-corrected chi connectivity index (χ1v) is 7.70. The Kier molecular flexibility index (Phi) is 4.72. The number of nitro groups is 1. The fourth-order valence-electron chi connectivity index (χ4n) is 2.43. The molecule has 3 rings (SSSR count). The summed E-state index contributed by atoms with van der Waals surface area (Å²) in [5.41, 5.74) is 2.65. The lowest BCUT2D eigenvalue weighted by molar-refractivity contribution is -0.389. The first-order chi connectivity index (χ1) is 11.7. The van der Waals surface area contributed by atoms with E-state index in [-0.39, 0.29) is 11.6 Å². The Labute approximate surface area is 139 Å². The summed E-state index contributed by atoms with van der Waals surface area (Å²) in [5, 5.41) is 14.4. The summed E-state index contributed by atoms with van der Waals surface area (Å²) < 4.78 is 6.83. The highest BCUT2D eigenvalue weighted by atomic mass is 16.6. The number of anilines is 1. The fraction of sp³-hybridized carbons (Fsp3) is 0.235. The van der Waals surface area contributed by atoms with Crippen LogP contribution in [0.25, 0.3) is 5.65 Å². The second kappa shape index (κ2) is 7.10. The molecule has 0 saturated heterocycles. The molecule has 0 aliphatic rings. The summed E-state index contributed by atoms with van der Waals surface area (Å²) in [6, 6.07) is 13.2. The summed E-state index contributed by atoms with van der Waals surface area (Å²) in [4.78, 5) is 15.2. The highest BCUT2D eigenvalue weighted by Gasteiger charge is 2.21. The van der Waals surface area contributed by atoms with E-state index < -0.39 is 4.92 Å². The van der Waals surface area contributed by atoms with Gasteiger partial charge < -0.3 is 20.2 Å². The highest BCUT2D eigenvalue weighted by molar-refractivity contribution is 5.62. The van der Waals surface area contributed by atoms with Crippen LogP contribution in [-0.2, 0) is 17.9 Å². The van der Waals surface area contributed by atoms with E-state index in [1.807, 2.05) is 31.2 Å². The van der Waals surface area contributed by atoms with Crippen LogP contribution in [0.2, 0.25) is 0 Å². The second-order valence-corrected chi connectivity index (χ2v) is 5.28. The lowest BCUT2D eigenvalue weighted by Crippen LogP contribution is -2.03. The minimum Gasteiger partial charge on any atom is -0.377 e. The Morgan fingerprint density at radius 3 is 2.67 bits per heavy atom. The molecule has 2 aromatic heterocycles. The molecule has 0 spiro atoms. The minimum absolute atomic E-state index is 0.0569. The van der Waals surface area contributed by atoms with E-state index in [9.17, 15) is 10.1 Å². The number of nitrogens with zero attached hydrogens (tertiary/aromatic N) is 3. The van der Waals surface area contributed by atoms with Crippen molar-refractivity contribution in [3.05, 3.63) is 69.9 Å². The number of hydrogen-bond donors (Lipinski definition) is 1. The Hall–Kier alpha value is -2.93. The van der Waals surface area contributed by atoms with Crippen LogP contribution in [0.15, 0.2) is 48.7 Å². The van der Waals surface area contributed by atoms with Gasteiger partial charge in [0, 0.05) is 19.2 Å². The molecule has 0 radical (unpaired) electrons. The summed E-state index contributed by atoms with van der Waals surface area (Å²) in [5.74, 6) is 0.211. The van der Waals surface area contributed by atoms with Crippen LogP contribution in [0.3, 0.4) is 0 Å². The van der Waals surface area contributed by atoms with E-state index in [1.165, 1.54) is 4.40 Å². The molecule has 3 aromatic rings. The molecule has 0 saturated carbocycles. The SMILES string of the molecule is CCOCc1ccc(CNc2nc3ccccn3c2[N+](=O)[O-])cc1. The van der Waals surface area contributed by atoms with Gasteiger partial charge in [0.05, 0.1) is 12.8 Å². The lowest BCUT2D eigenvalue weighted by atomic mass is 10.1. The van der Waals surface area contributed by atoms with Crippen molar-refractivity contribution in [3.8, 4) is 0 Å². The molecular weight excluding hydrogens is 308 g/mol. The van der Waals surface area contributed by atoms with Crippen molar-refractivity contribution in [2.45, 2.75) is 20.1 Å². The maximum Gasteiger partial charge on any atom is 0.372 e. The molecule has 0 atom stereocenters. The van der Waals surface area contributed by atoms with E-state index >= 15 is 0 Å². The first kappa shape index (κ1) is 15.9. The Morgan fingerprint density at radius 2 is 1.96 bits per heavy atom. The van der Waals surface area contributed by atoms with E-state index in [4.69, 9.17) is 4.74 Å². The van der Waals surface area contributed by atoms with Gasteiger partial charge >= 0.3 is 5.82 Å². The smallest absolute Gasteiger partial charge is 0.372 e. The number of nitrogens with one attached hydrogen (secondary N) is 1. The van der Waals surface area contributed by atoms with Crippen LogP contribution < -0.4 is 5.32 Å². The van der Waals surface area contributed by atoms with Crippen LogP contribution >= 0.6 is 0 Å². The molecule has 1 N–H and O–H groups in total. The van der Waals surface area contributed by atoms with Gasteiger partial charge in [-0.3, -0.25) is 0 Å². The van der Waals surface area contributed by atoms with Gasteiger partial charge in [0.2, 0.25) is 11.5 Å². The molecule has 0 aliphatic carbocycles. The third-order valence-corrected chi connectivity index (χ3v) is 3.63. The number of benzene rings is 1. The molecule has 0 bridgehead atoms.